The number of piperazine rings is 1. The van der Waals surface area contributed by atoms with Crippen LogP contribution in [0.3, 0.4) is 0 Å². The highest BCUT2D eigenvalue weighted by atomic mass is 16.5. The molecule has 1 aromatic carbocycles. The first kappa shape index (κ1) is 17.5. The summed E-state index contributed by atoms with van der Waals surface area (Å²) in [4.78, 5) is 20.9. The monoisotopic (exact) mass is 342 g/mol. The van der Waals surface area contributed by atoms with Gasteiger partial charge in [-0.25, -0.2) is 4.98 Å². The van der Waals surface area contributed by atoms with E-state index in [1.807, 2.05) is 33.9 Å². The van der Waals surface area contributed by atoms with E-state index in [2.05, 4.69) is 23.0 Å². The zero-order chi connectivity index (χ0) is 17.6. The number of para-hydroxylation sites is 1. The Labute approximate surface area is 149 Å². The Morgan fingerprint density at radius 1 is 1.32 bits per heavy atom. The molecular weight excluding hydrogens is 316 g/mol. The van der Waals surface area contributed by atoms with Gasteiger partial charge in [-0.15, -0.1) is 0 Å². The highest BCUT2D eigenvalue weighted by Crippen LogP contribution is 2.31. The second-order valence-electron chi connectivity index (χ2n) is 6.48. The molecule has 25 heavy (non-hydrogen) atoms. The van der Waals surface area contributed by atoms with Gasteiger partial charge in [0, 0.05) is 50.6 Å². The van der Waals surface area contributed by atoms with Crippen LogP contribution < -0.4 is 4.74 Å². The predicted molar refractivity (Wildman–Crippen MR) is 96.4 cm³/mol. The molecule has 0 spiro atoms. The van der Waals surface area contributed by atoms with Crippen molar-refractivity contribution in [2.24, 2.45) is 0 Å². The van der Waals surface area contributed by atoms with E-state index in [1.165, 1.54) is 0 Å². The maximum Gasteiger partial charge on any atom is 0.222 e. The van der Waals surface area contributed by atoms with Crippen LogP contribution in [-0.2, 0) is 11.3 Å². The third-order valence-corrected chi connectivity index (χ3v) is 4.86. The number of likely N-dealkylation sites (N-methyl/N-ethyl adjacent to an activating group) is 1. The number of rotatable bonds is 6. The molecule has 1 aliphatic rings. The van der Waals surface area contributed by atoms with Gasteiger partial charge >= 0.3 is 0 Å². The molecule has 1 unspecified atom stereocenters. The molecule has 134 valence electrons. The number of aromatic nitrogens is 2. The summed E-state index contributed by atoms with van der Waals surface area (Å²) in [5, 5.41) is 0. The number of hydrogen-bond donors (Lipinski definition) is 0. The minimum absolute atomic E-state index is 0.169. The lowest BCUT2D eigenvalue weighted by atomic mass is 10.0. The van der Waals surface area contributed by atoms with Crippen LogP contribution in [0.25, 0.3) is 0 Å². The van der Waals surface area contributed by atoms with Crippen LogP contribution in [0.5, 0.6) is 5.75 Å². The zero-order valence-electron chi connectivity index (χ0n) is 15.0. The summed E-state index contributed by atoms with van der Waals surface area (Å²) >= 11 is 0. The molecule has 0 bridgehead atoms. The van der Waals surface area contributed by atoms with Gasteiger partial charge in [-0.2, -0.15) is 0 Å². The Morgan fingerprint density at radius 2 is 2.16 bits per heavy atom. The third-order valence-electron chi connectivity index (χ3n) is 4.86. The van der Waals surface area contributed by atoms with Crippen LogP contribution >= 0.6 is 0 Å². The Hall–Kier alpha value is -2.34. The molecular formula is C19H26N4O2. The van der Waals surface area contributed by atoms with Gasteiger partial charge in [-0.3, -0.25) is 9.69 Å². The molecule has 1 amide bonds. The number of ether oxygens (including phenoxy) is 1. The number of imidazole rings is 1. The van der Waals surface area contributed by atoms with Gasteiger partial charge in [-0.1, -0.05) is 18.2 Å². The minimum Gasteiger partial charge on any atom is -0.496 e. The van der Waals surface area contributed by atoms with Crippen LogP contribution in [0, 0.1) is 0 Å². The predicted octanol–water partition coefficient (Wildman–Crippen LogP) is 2.19. The van der Waals surface area contributed by atoms with Crippen LogP contribution in [0.4, 0.5) is 0 Å². The number of aryl methyl sites for hydroxylation is 1. The molecule has 6 nitrogen and oxygen atoms in total. The number of carbonyl (C=O) groups excluding carboxylic acids is 1. The smallest absolute Gasteiger partial charge is 0.222 e. The summed E-state index contributed by atoms with van der Waals surface area (Å²) in [6, 6.07) is 8.24. The zero-order valence-corrected chi connectivity index (χ0v) is 15.0. The highest BCUT2D eigenvalue weighted by Gasteiger charge is 2.29. The van der Waals surface area contributed by atoms with Crippen molar-refractivity contribution < 1.29 is 9.53 Å². The largest absolute Gasteiger partial charge is 0.496 e. The fourth-order valence-corrected chi connectivity index (χ4v) is 3.37. The number of benzene rings is 1. The van der Waals surface area contributed by atoms with Gasteiger partial charge in [0.25, 0.3) is 0 Å². The minimum atomic E-state index is 0.169. The molecule has 0 saturated carbocycles. The van der Waals surface area contributed by atoms with E-state index in [9.17, 15) is 4.79 Å². The fourth-order valence-electron chi connectivity index (χ4n) is 3.37. The van der Waals surface area contributed by atoms with E-state index < -0.39 is 0 Å². The maximum atomic E-state index is 12.6. The molecule has 2 aromatic rings. The van der Waals surface area contributed by atoms with Crippen LogP contribution in [-0.4, -0.2) is 59.0 Å². The molecule has 2 heterocycles. The van der Waals surface area contributed by atoms with Gasteiger partial charge < -0.3 is 14.2 Å². The number of carbonyl (C=O) groups is 1. The Kier molecular flexibility index (Phi) is 5.71. The normalized spacial score (nSPS) is 18.3. The Morgan fingerprint density at radius 3 is 2.92 bits per heavy atom. The lowest BCUT2D eigenvalue weighted by Gasteiger charge is -2.40. The first-order chi connectivity index (χ1) is 12.2. The van der Waals surface area contributed by atoms with E-state index in [1.54, 1.807) is 19.6 Å². The first-order valence-corrected chi connectivity index (χ1v) is 8.75. The molecule has 0 radical (unpaired) electrons. The molecule has 1 aromatic heterocycles. The summed E-state index contributed by atoms with van der Waals surface area (Å²) in [6.07, 6.45) is 6.89. The van der Waals surface area contributed by atoms with Gasteiger partial charge in [-0.05, 0) is 19.5 Å². The number of hydrogen-bond acceptors (Lipinski definition) is 4. The molecule has 1 fully saturated rings. The van der Waals surface area contributed by atoms with Gasteiger partial charge in [0.05, 0.1) is 19.5 Å². The van der Waals surface area contributed by atoms with Crippen LogP contribution in [0.1, 0.15) is 24.4 Å². The van der Waals surface area contributed by atoms with Crippen molar-refractivity contribution in [2.45, 2.75) is 25.4 Å². The number of amides is 1. The van der Waals surface area contributed by atoms with E-state index in [4.69, 9.17) is 4.74 Å². The topological polar surface area (TPSA) is 50.6 Å². The van der Waals surface area contributed by atoms with Crippen molar-refractivity contribution in [1.29, 1.82) is 0 Å². The van der Waals surface area contributed by atoms with E-state index in [0.717, 1.165) is 37.4 Å². The molecule has 1 saturated heterocycles. The third kappa shape index (κ3) is 4.20. The van der Waals surface area contributed by atoms with Crippen molar-refractivity contribution in [2.75, 3.05) is 33.8 Å². The van der Waals surface area contributed by atoms with Gasteiger partial charge in [0.1, 0.15) is 5.75 Å². The summed E-state index contributed by atoms with van der Waals surface area (Å²) in [5.41, 5.74) is 1.14. The van der Waals surface area contributed by atoms with Crippen LogP contribution in [0.15, 0.2) is 43.0 Å². The quantitative estimate of drug-likeness (QED) is 0.807. The summed E-state index contributed by atoms with van der Waals surface area (Å²) in [5.74, 6) is 1.11. The SMILES string of the molecule is COc1ccccc1C1CN(C(=O)CCCn2ccnc2)CCN1C. The average Bonchev–Trinajstić information content (AvgIpc) is 3.15. The lowest BCUT2D eigenvalue weighted by molar-refractivity contribution is -0.134. The van der Waals surface area contributed by atoms with E-state index in [-0.39, 0.29) is 11.9 Å². The summed E-state index contributed by atoms with van der Waals surface area (Å²) in [7, 11) is 3.80. The standard InChI is InChI=1S/C19H26N4O2/c1-21-12-13-23(19(24)8-5-10-22-11-9-20-15-22)14-17(21)16-6-3-4-7-18(16)25-2/h3-4,6-7,9,11,15,17H,5,8,10,12-14H2,1-2H3. The van der Waals surface area contributed by atoms with Crippen molar-refractivity contribution in [1.82, 2.24) is 19.4 Å². The number of nitrogens with zero attached hydrogens (tertiary/aromatic N) is 4. The van der Waals surface area contributed by atoms with Crippen molar-refractivity contribution in [3.05, 3.63) is 48.5 Å². The van der Waals surface area contributed by atoms with E-state index >= 15 is 0 Å². The van der Waals surface area contributed by atoms with Crippen LogP contribution in [0.2, 0.25) is 0 Å². The maximum absolute atomic E-state index is 12.6. The fraction of sp³-hybridized carbons (Fsp3) is 0.474. The second kappa shape index (κ2) is 8.16. The first-order valence-electron chi connectivity index (χ1n) is 8.75. The highest BCUT2D eigenvalue weighted by molar-refractivity contribution is 5.76. The van der Waals surface area contributed by atoms with Crippen molar-refractivity contribution >= 4 is 5.91 Å². The molecule has 0 N–H and O–H groups in total. The van der Waals surface area contributed by atoms with Crippen molar-refractivity contribution in [3.63, 3.8) is 0 Å². The summed E-state index contributed by atoms with van der Waals surface area (Å²) in [6.45, 7) is 3.19. The van der Waals surface area contributed by atoms with Gasteiger partial charge in [0.2, 0.25) is 5.91 Å². The Balaban J connectivity index is 1.60. The average molecular weight is 342 g/mol. The molecule has 0 aliphatic carbocycles. The van der Waals surface area contributed by atoms with Gasteiger partial charge in [0.15, 0.2) is 0 Å². The van der Waals surface area contributed by atoms with Crippen molar-refractivity contribution in [3.8, 4) is 5.75 Å². The molecule has 3 rings (SSSR count). The Bertz CT molecular complexity index is 686. The molecule has 1 atom stereocenters. The molecule has 6 heteroatoms. The number of methoxy groups -OCH3 is 1. The van der Waals surface area contributed by atoms with E-state index in [0.29, 0.717) is 13.0 Å². The molecule has 1 aliphatic heterocycles. The lowest BCUT2D eigenvalue weighted by Crippen LogP contribution is -2.49. The second-order valence-corrected chi connectivity index (χ2v) is 6.48. The summed E-state index contributed by atoms with van der Waals surface area (Å²) < 4.78 is 7.52.